The normalized spacial score (nSPS) is 16.1. The van der Waals surface area contributed by atoms with E-state index in [4.69, 9.17) is 0 Å². The zero-order chi connectivity index (χ0) is 23.8. The Bertz CT molecular complexity index is 999. The number of benzene rings is 2. The number of carboxylic acids is 1. The Morgan fingerprint density at radius 3 is 2.33 bits per heavy atom. The van der Waals surface area contributed by atoms with Crippen molar-refractivity contribution in [2.75, 3.05) is 16.9 Å². The van der Waals surface area contributed by atoms with Crippen molar-refractivity contribution in [3.05, 3.63) is 65.7 Å². The molecule has 10 heteroatoms. The second-order valence-electron chi connectivity index (χ2n) is 7.60. The first-order chi connectivity index (χ1) is 15.8. The summed E-state index contributed by atoms with van der Waals surface area (Å²) in [5.74, 6) is -1.52. The second-order valence-corrected chi connectivity index (χ2v) is 8.60. The first-order valence-electron chi connectivity index (χ1n) is 10.4. The molecule has 0 aromatic heterocycles. The summed E-state index contributed by atoms with van der Waals surface area (Å²) in [6, 6.07) is 14.3. The number of anilines is 1. The minimum atomic E-state index is -1.21. The highest BCUT2D eigenvalue weighted by atomic mass is 32.2. The van der Waals surface area contributed by atoms with Gasteiger partial charge in [-0.2, -0.15) is 0 Å². The smallest absolute Gasteiger partial charge is 0.408 e. The molecule has 1 aliphatic heterocycles. The molecule has 0 aliphatic carbocycles. The summed E-state index contributed by atoms with van der Waals surface area (Å²) in [5.41, 5.74) is 2.32. The Hall–Kier alpha value is -3.53. The van der Waals surface area contributed by atoms with E-state index in [1.165, 1.54) is 11.8 Å². The molecule has 0 spiro atoms. The van der Waals surface area contributed by atoms with E-state index in [0.717, 1.165) is 10.5 Å². The topological polar surface area (TPSA) is 136 Å². The van der Waals surface area contributed by atoms with E-state index in [1.54, 1.807) is 24.3 Å². The molecule has 4 N–H and O–H groups in total. The predicted octanol–water partition coefficient (Wildman–Crippen LogP) is 2.42. The molecule has 1 aliphatic rings. The Morgan fingerprint density at radius 2 is 1.70 bits per heavy atom. The fraction of sp³-hybridized carbons (Fsp3) is 0.304. The maximum absolute atomic E-state index is 12.5. The Morgan fingerprint density at radius 1 is 1.00 bits per heavy atom. The molecule has 0 unspecified atom stereocenters. The van der Waals surface area contributed by atoms with E-state index < -0.39 is 30.1 Å². The van der Waals surface area contributed by atoms with Crippen LogP contribution in [0.1, 0.15) is 17.5 Å². The third kappa shape index (κ3) is 6.98. The molecule has 0 saturated carbocycles. The molecule has 1 fully saturated rings. The minimum Gasteiger partial charge on any atom is -0.480 e. The van der Waals surface area contributed by atoms with Crippen molar-refractivity contribution in [3.8, 4) is 0 Å². The Kier molecular flexibility index (Phi) is 8.31. The van der Waals surface area contributed by atoms with Crippen LogP contribution in [0.3, 0.4) is 0 Å². The van der Waals surface area contributed by atoms with Crippen LogP contribution in [0.5, 0.6) is 0 Å². The molecular formula is C23H25N3O6S. The Labute approximate surface area is 195 Å². The number of nitrogens with zero attached hydrogens (tertiary/aromatic N) is 1. The van der Waals surface area contributed by atoms with Crippen LogP contribution in [0, 0.1) is 0 Å². The lowest BCUT2D eigenvalue weighted by atomic mass is 10.0. The van der Waals surface area contributed by atoms with Gasteiger partial charge in [0.05, 0.1) is 5.88 Å². The van der Waals surface area contributed by atoms with Crippen molar-refractivity contribution in [1.82, 2.24) is 10.2 Å². The summed E-state index contributed by atoms with van der Waals surface area (Å²) in [5, 5.41) is 24.0. The van der Waals surface area contributed by atoms with Crippen LogP contribution in [0.2, 0.25) is 0 Å². The number of aliphatic carboxylic acids is 1. The molecule has 3 amide bonds. The number of carbonyl (C=O) groups is 4. The van der Waals surface area contributed by atoms with Gasteiger partial charge in [0.15, 0.2) is 0 Å². The van der Waals surface area contributed by atoms with Crippen LogP contribution in [-0.2, 0) is 27.2 Å². The molecule has 2 atom stereocenters. The van der Waals surface area contributed by atoms with E-state index in [0.29, 0.717) is 24.1 Å². The highest BCUT2D eigenvalue weighted by molar-refractivity contribution is 7.99. The first-order valence-corrected chi connectivity index (χ1v) is 11.5. The summed E-state index contributed by atoms with van der Waals surface area (Å²) in [7, 11) is 0. The van der Waals surface area contributed by atoms with Gasteiger partial charge in [-0.3, -0.25) is 14.5 Å². The summed E-state index contributed by atoms with van der Waals surface area (Å²) >= 11 is 1.30. The van der Waals surface area contributed by atoms with Crippen molar-refractivity contribution in [3.63, 3.8) is 0 Å². The third-order valence-corrected chi connectivity index (χ3v) is 6.22. The highest BCUT2D eigenvalue weighted by Gasteiger charge is 2.36. The zero-order valence-electron chi connectivity index (χ0n) is 17.8. The van der Waals surface area contributed by atoms with Gasteiger partial charge >= 0.3 is 12.1 Å². The maximum atomic E-state index is 12.5. The van der Waals surface area contributed by atoms with Gasteiger partial charge in [-0.25, -0.2) is 9.59 Å². The molecule has 2 aromatic rings. The summed E-state index contributed by atoms with van der Waals surface area (Å²) in [4.78, 5) is 48.5. The minimum absolute atomic E-state index is 0.0240. The molecule has 1 heterocycles. The number of carbonyl (C=O) groups excluding carboxylic acids is 2. The molecular weight excluding hydrogens is 446 g/mol. The number of hydrogen-bond donors (Lipinski definition) is 4. The van der Waals surface area contributed by atoms with Crippen molar-refractivity contribution in [2.45, 2.75) is 31.3 Å². The SMILES string of the molecule is O=C(CCc1ccccc1)Nc1ccc(C[C@H](NC(=O)[C@H]2CSCN2C(=O)O)C(=O)O)cc1. The average Bonchev–Trinajstić information content (AvgIpc) is 3.30. The van der Waals surface area contributed by atoms with Crippen LogP contribution < -0.4 is 10.6 Å². The van der Waals surface area contributed by atoms with Gasteiger partial charge in [-0.15, -0.1) is 11.8 Å². The monoisotopic (exact) mass is 471 g/mol. The van der Waals surface area contributed by atoms with Gasteiger partial charge in [0, 0.05) is 24.3 Å². The van der Waals surface area contributed by atoms with Crippen molar-refractivity contribution in [1.29, 1.82) is 0 Å². The second kappa shape index (κ2) is 11.4. The fourth-order valence-electron chi connectivity index (χ4n) is 3.40. The standard InChI is InChI=1S/C23H25N3O6S/c27-20(11-8-15-4-2-1-3-5-15)24-17-9-6-16(7-10-17)12-18(22(29)30)25-21(28)19-13-33-14-26(19)23(31)32/h1-7,9-10,18-19H,8,11-14H2,(H,24,27)(H,25,28)(H,29,30)(H,31,32)/t18-,19+/m0/s1. The third-order valence-electron chi connectivity index (χ3n) is 5.21. The summed E-state index contributed by atoms with van der Waals surface area (Å²) in [6.07, 6.45) is -0.223. The van der Waals surface area contributed by atoms with E-state index in [2.05, 4.69) is 10.6 Å². The fourth-order valence-corrected chi connectivity index (χ4v) is 4.55. The van der Waals surface area contributed by atoms with E-state index in [1.807, 2.05) is 30.3 Å². The van der Waals surface area contributed by atoms with E-state index in [9.17, 15) is 29.4 Å². The zero-order valence-corrected chi connectivity index (χ0v) is 18.6. The first kappa shape index (κ1) is 24.1. The molecule has 1 saturated heterocycles. The van der Waals surface area contributed by atoms with Gasteiger partial charge in [0.1, 0.15) is 12.1 Å². The van der Waals surface area contributed by atoms with Crippen LogP contribution in [0.25, 0.3) is 0 Å². The number of rotatable bonds is 9. The number of aryl methyl sites for hydroxylation is 1. The lowest BCUT2D eigenvalue weighted by Crippen LogP contribution is -2.52. The molecule has 9 nitrogen and oxygen atoms in total. The number of amides is 3. The van der Waals surface area contributed by atoms with Gasteiger partial charge in [-0.1, -0.05) is 42.5 Å². The largest absolute Gasteiger partial charge is 0.480 e. The van der Waals surface area contributed by atoms with E-state index >= 15 is 0 Å². The molecule has 33 heavy (non-hydrogen) atoms. The maximum Gasteiger partial charge on any atom is 0.408 e. The molecule has 3 rings (SSSR count). The number of thioether (sulfide) groups is 1. The van der Waals surface area contributed by atoms with E-state index in [-0.39, 0.29) is 24.0 Å². The lowest BCUT2D eigenvalue weighted by molar-refractivity contribution is -0.142. The van der Waals surface area contributed by atoms with Crippen molar-refractivity contribution >= 4 is 41.3 Å². The summed E-state index contributed by atoms with van der Waals surface area (Å²) in [6.45, 7) is 0. The molecule has 174 valence electrons. The van der Waals surface area contributed by atoms with Crippen LogP contribution in [0.15, 0.2) is 54.6 Å². The average molecular weight is 472 g/mol. The predicted molar refractivity (Wildman–Crippen MR) is 124 cm³/mol. The molecule has 0 radical (unpaired) electrons. The highest BCUT2D eigenvalue weighted by Crippen LogP contribution is 2.21. The van der Waals surface area contributed by atoms with Crippen molar-refractivity contribution < 1.29 is 29.4 Å². The van der Waals surface area contributed by atoms with Crippen LogP contribution >= 0.6 is 11.8 Å². The van der Waals surface area contributed by atoms with Gasteiger partial charge < -0.3 is 20.8 Å². The summed E-state index contributed by atoms with van der Waals surface area (Å²) < 4.78 is 0. The number of hydrogen-bond acceptors (Lipinski definition) is 5. The van der Waals surface area contributed by atoms with Gasteiger partial charge in [-0.05, 0) is 29.7 Å². The van der Waals surface area contributed by atoms with Gasteiger partial charge in [0.2, 0.25) is 11.8 Å². The molecule has 2 aromatic carbocycles. The number of nitrogens with one attached hydrogen (secondary N) is 2. The Balaban J connectivity index is 1.53. The van der Waals surface area contributed by atoms with Crippen LogP contribution in [-0.4, -0.2) is 62.7 Å². The quantitative estimate of drug-likeness (QED) is 0.441. The molecule has 0 bridgehead atoms. The number of carboxylic acid groups (broad SMARTS) is 2. The lowest BCUT2D eigenvalue weighted by Gasteiger charge is -2.22. The van der Waals surface area contributed by atoms with Crippen LogP contribution in [0.4, 0.5) is 10.5 Å². The van der Waals surface area contributed by atoms with Crippen molar-refractivity contribution in [2.24, 2.45) is 0 Å². The van der Waals surface area contributed by atoms with Gasteiger partial charge in [0.25, 0.3) is 0 Å².